The van der Waals surface area contributed by atoms with Crippen molar-refractivity contribution < 1.29 is 8.98 Å². The standard InChI is InChI=1S/C30H37N2O/c1-17(2)12-22-27-23(10-11-31(27)8)32(9)28-25-19(4)18(3)13-21-14-20(16-30(5,6)7)15-24(26(21)25)33-29(22)28/h10-11,13-15,17H,12,16H2,1-9H3/q+1. The van der Waals surface area contributed by atoms with Crippen LogP contribution in [-0.2, 0) is 26.9 Å². The lowest BCUT2D eigenvalue weighted by Crippen LogP contribution is -2.27. The van der Waals surface area contributed by atoms with E-state index in [9.17, 15) is 0 Å². The first-order valence-corrected chi connectivity index (χ1v) is 12.2. The van der Waals surface area contributed by atoms with Gasteiger partial charge in [0.15, 0.2) is 11.8 Å². The average Bonchev–Trinajstić information content (AvgIpc) is 3.08. The Kier molecular flexibility index (Phi) is 4.90. The van der Waals surface area contributed by atoms with E-state index >= 15 is 0 Å². The van der Waals surface area contributed by atoms with Crippen LogP contribution < -0.4 is 4.57 Å². The zero-order chi connectivity index (χ0) is 23.8. The van der Waals surface area contributed by atoms with Crippen LogP contribution in [0.5, 0.6) is 0 Å². The number of benzene rings is 2. The minimum atomic E-state index is 0.222. The van der Waals surface area contributed by atoms with E-state index in [1.807, 2.05) is 0 Å². The second-order valence-corrected chi connectivity index (χ2v) is 11.7. The van der Waals surface area contributed by atoms with Crippen LogP contribution in [0.15, 0.2) is 34.9 Å². The summed E-state index contributed by atoms with van der Waals surface area (Å²) in [7, 11) is 4.34. The fourth-order valence-electron chi connectivity index (χ4n) is 5.67. The first kappa shape index (κ1) is 22.0. The van der Waals surface area contributed by atoms with E-state index in [2.05, 4.69) is 102 Å². The maximum atomic E-state index is 6.91. The molecule has 3 heterocycles. The third-order valence-corrected chi connectivity index (χ3v) is 7.10. The Balaban J connectivity index is 2.05. The van der Waals surface area contributed by atoms with Gasteiger partial charge in [-0.25, -0.2) is 0 Å². The average molecular weight is 442 g/mol. The second kappa shape index (κ2) is 7.35. The third kappa shape index (κ3) is 3.44. The Labute approximate surface area is 197 Å². The van der Waals surface area contributed by atoms with Crippen molar-refractivity contribution >= 4 is 43.9 Å². The van der Waals surface area contributed by atoms with Crippen LogP contribution in [0.3, 0.4) is 0 Å². The highest BCUT2D eigenvalue weighted by molar-refractivity contribution is 6.20. The summed E-state index contributed by atoms with van der Waals surface area (Å²) in [6, 6.07) is 9.26. The highest BCUT2D eigenvalue weighted by atomic mass is 16.3. The van der Waals surface area contributed by atoms with E-state index in [0.717, 1.165) is 24.0 Å². The van der Waals surface area contributed by atoms with Gasteiger partial charge in [0.2, 0.25) is 5.52 Å². The van der Waals surface area contributed by atoms with E-state index in [0.29, 0.717) is 5.92 Å². The topological polar surface area (TPSA) is 21.9 Å². The van der Waals surface area contributed by atoms with Crippen LogP contribution >= 0.6 is 0 Å². The summed E-state index contributed by atoms with van der Waals surface area (Å²) in [5, 5.41) is 3.88. The molecule has 0 saturated heterocycles. The number of hydrogen-bond donors (Lipinski definition) is 0. The van der Waals surface area contributed by atoms with Crippen molar-refractivity contribution in [1.82, 2.24) is 4.57 Å². The Bertz CT molecular complexity index is 1550. The van der Waals surface area contributed by atoms with Crippen LogP contribution in [-0.4, -0.2) is 4.57 Å². The SMILES string of the molecule is Cc1cc2cc(CC(C)(C)C)cc3oc4c(CC(C)C)c5c(cc[n+]5C)n(C)c4c(c1C)c23. The van der Waals surface area contributed by atoms with Gasteiger partial charge in [0.25, 0.3) is 0 Å². The van der Waals surface area contributed by atoms with Gasteiger partial charge in [0, 0.05) is 23.9 Å². The molecule has 0 saturated carbocycles. The van der Waals surface area contributed by atoms with Crippen molar-refractivity contribution in [1.29, 1.82) is 0 Å². The van der Waals surface area contributed by atoms with Crippen LogP contribution in [0.25, 0.3) is 43.9 Å². The maximum absolute atomic E-state index is 6.91. The maximum Gasteiger partial charge on any atom is 0.236 e. The van der Waals surface area contributed by atoms with Gasteiger partial charge in [-0.3, -0.25) is 0 Å². The molecule has 0 N–H and O–H groups in total. The minimum absolute atomic E-state index is 0.222. The summed E-state index contributed by atoms with van der Waals surface area (Å²) >= 11 is 0. The highest BCUT2D eigenvalue weighted by Gasteiger charge is 2.26. The van der Waals surface area contributed by atoms with Crippen molar-refractivity contribution in [2.75, 3.05) is 0 Å². The molecular weight excluding hydrogens is 404 g/mol. The van der Waals surface area contributed by atoms with Gasteiger partial charge in [-0.15, -0.1) is 0 Å². The van der Waals surface area contributed by atoms with Gasteiger partial charge in [-0.05, 0) is 66.2 Å². The highest BCUT2D eigenvalue weighted by Crippen LogP contribution is 2.41. The summed E-state index contributed by atoms with van der Waals surface area (Å²) in [6.07, 6.45) is 4.19. The largest absolute Gasteiger partial charge is 0.454 e. The third-order valence-electron chi connectivity index (χ3n) is 7.10. The molecule has 3 nitrogen and oxygen atoms in total. The van der Waals surface area contributed by atoms with Gasteiger partial charge < -0.3 is 8.98 Å². The van der Waals surface area contributed by atoms with Crippen molar-refractivity contribution in [2.45, 2.75) is 61.3 Å². The molecule has 5 aromatic rings. The number of aromatic nitrogens is 2. The zero-order valence-electron chi connectivity index (χ0n) is 21.7. The molecule has 0 radical (unpaired) electrons. The van der Waals surface area contributed by atoms with Crippen LogP contribution in [0.4, 0.5) is 0 Å². The monoisotopic (exact) mass is 441 g/mol. The predicted molar refractivity (Wildman–Crippen MR) is 140 cm³/mol. The Morgan fingerprint density at radius 2 is 1.79 bits per heavy atom. The number of nitrogens with zero attached hydrogens (tertiary/aromatic N) is 2. The van der Waals surface area contributed by atoms with E-state index in [1.165, 1.54) is 55.0 Å². The van der Waals surface area contributed by atoms with Gasteiger partial charge >= 0.3 is 0 Å². The predicted octanol–water partition coefficient (Wildman–Crippen LogP) is 7.46. The molecule has 0 amide bonds. The Morgan fingerprint density at radius 3 is 2.45 bits per heavy atom. The van der Waals surface area contributed by atoms with Crippen molar-refractivity contribution in [3.63, 3.8) is 0 Å². The number of aryl methyl sites for hydroxylation is 4. The number of rotatable bonds is 3. The molecule has 0 spiro atoms. The van der Waals surface area contributed by atoms with E-state index in [1.54, 1.807) is 0 Å². The second-order valence-electron chi connectivity index (χ2n) is 11.7. The lowest BCUT2D eigenvalue weighted by atomic mass is 9.86. The molecule has 0 aliphatic rings. The number of fused-ring (bicyclic) bond motifs is 3. The molecule has 0 unspecified atom stereocenters. The van der Waals surface area contributed by atoms with Crippen molar-refractivity contribution in [2.24, 2.45) is 25.4 Å². The summed E-state index contributed by atoms with van der Waals surface area (Å²) in [4.78, 5) is 0. The molecule has 3 heteroatoms. The van der Waals surface area contributed by atoms with Gasteiger partial charge in [-0.2, -0.15) is 4.57 Å². The molecule has 2 aromatic carbocycles. The molecule has 33 heavy (non-hydrogen) atoms. The van der Waals surface area contributed by atoms with Gasteiger partial charge in [-0.1, -0.05) is 46.8 Å². The Hall–Kier alpha value is -2.81. The molecule has 0 aliphatic carbocycles. The van der Waals surface area contributed by atoms with E-state index in [4.69, 9.17) is 4.42 Å². The Morgan fingerprint density at radius 1 is 1.06 bits per heavy atom. The van der Waals surface area contributed by atoms with Crippen molar-refractivity contribution in [3.8, 4) is 0 Å². The quantitative estimate of drug-likeness (QED) is 0.162. The molecule has 3 aromatic heterocycles. The number of hydrogen-bond acceptors (Lipinski definition) is 1. The minimum Gasteiger partial charge on any atom is -0.454 e. The molecular formula is C30H37N2O+. The normalized spacial score (nSPS) is 12.9. The summed E-state index contributed by atoms with van der Waals surface area (Å²) in [6.45, 7) is 16.0. The summed E-state index contributed by atoms with van der Waals surface area (Å²) < 4.78 is 11.5. The van der Waals surface area contributed by atoms with Crippen LogP contribution in [0.1, 0.15) is 56.9 Å². The van der Waals surface area contributed by atoms with Crippen LogP contribution in [0, 0.1) is 25.2 Å². The van der Waals surface area contributed by atoms with Crippen molar-refractivity contribution in [3.05, 3.63) is 52.7 Å². The fourth-order valence-corrected chi connectivity index (χ4v) is 5.67. The molecule has 0 bridgehead atoms. The number of pyridine rings is 1. The zero-order valence-corrected chi connectivity index (χ0v) is 21.7. The van der Waals surface area contributed by atoms with E-state index in [-0.39, 0.29) is 5.41 Å². The summed E-state index contributed by atoms with van der Waals surface area (Å²) in [5.74, 6) is 0.538. The molecule has 0 atom stereocenters. The molecule has 5 rings (SSSR count). The molecule has 0 fully saturated rings. The first-order valence-electron chi connectivity index (χ1n) is 12.2. The smallest absolute Gasteiger partial charge is 0.236 e. The lowest BCUT2D eigenvalue weighted by molar-refractivity contribution is -0.642. The van der Waals surface area contributed by atoms with E-state index < -0.39 is 0 Å². The van der Waals surface area contributed by atoms with Crippen LogP contribution in [0.2, 0.25) is 0 Å². The lowest BCUT2D eigenvalue weighted by Gasteiger charge is -2.21. The van der Waals surface area contributed by atoms with Gasteiger partial charge in [0.05, 0.1) is 11.1 Å². The summed E-state index contributed by atoms with van der Waals surface area (Å²) in [5.41, 5.74) is 11.4. The molecule has 172 valence electrons. The van der Waals surface area contributed by atoms with Gasteiger partial charge in [0.1, 0.15) is 18.1 Å². The first-order chi connectivity index (χ1) is 15.5. The molecule has 0 aliphatic heterocycles. The fraction of sp³-hybridized carbons (Fsp3) is 0.433.